The third-order valence-corrected chi connectivity index (χ3v) is 1.23. The fourth-order valence-corrected chi connectivity index (χ4v) is 0.706. The molecular formula is C7H7N3O. The molecule has 0 aliphatic heterocycles. The van der Waals surface area contributed by atoms with Crippen molar-refractivity contribution >= 4 is 11.6 Å². The average molecular weight is 149 g/mol. The molecule has 0 saturated carbocycles. The van der Waals surface area contributed by atoms with Gasteiger partial charge in [0.25, 0.3) is 0 Å². The van der Waals surface area contributed by atoms with E-state index in [1.807, 2.05) is 0 Å². The Balaban J connectivity index is 2.86. The first kappa shape index (κ1) is 7.35. The average Bonchev–Trinajstić information content (AvgIpc) is 2.36. The molecule has 0 atom stereocenters. The highest BCUT2D eigenvalue weighted by Gasteiger charge is 2.08. The minimum absolute atomic E-state index is 0.0593. The Morgan fingerprint density at radius 1 is 1.91 bits per heavy atom. The van der Waals surface area contributed by atoms with Crippen LogP contribution >= 0.6 is 0 Å². The lowest BCUT2D eigenvalue weighted by Crippen LogP contribution is -1.99. The van der Waals surface area contributed by atoms with Crippen molar-refractivity contribution in [2.75, 3.05) is 5.73 Å². The number of hydrogen-bond acceptors (Lipinski definition) is 3. The Hall–Kier alpha value is -1.76. The molecule has 0 fully saturated rings. The summed E-state index contributed by atoms with van der Waals surface area (Å²) < 4.78 is 0. The Morgan fingerprint density at radius 2 is 2.64 bits per heavy atom. The van der Waals surface area contributed by atoms with Gasteiger partial charge in [0.05, 0.1) is 18.2 Å². The van der Waals surface area contributed by atoms with Gasteiger partial charge < -0.3 is 5.73 Å². The van der Waals surface area contributed by atoms with Gasteiger partial charge in [-0.2, -0.15) is 5.10 Å². The van der Waals surface area contributed by atoms with Crippen LogP contribution in [0.2, 0.25) is 0 Å². The number of nitrogens with two attached hydrogens (primary N) is 1. The minimum Gasteiger partial charge on any atom is -0.383 e. The monoisotopic (exact) mass is 149 g/mol. The maximum absolute atomic E-state index is 11.0. The first-order valence-corrected chi connectivity index (χ1v) is 3.01. The van der Waals surface area contributed by atoms with E-state index in [-0.39, 0.29) is 18.0 Å². The highest BCUT2D eigenvalue weighted by molar-refractivity contribution is 6.00. The van der Waals surface area contributed by atoms with Crippen LogP contribution in [0.1, 0.15) is 16.8 Å². The highest BCUT2D eigenvalue weighted by Crippen LogP contribution is 2.07. The van der Waals surface area contributed by atoms with Gasteiger partial charge >= 0.3 is 0 Å². The first-order chi connectivity index (χ1) is 5.25. The van der Waals surface area contributed by atoms with E-state index in [2.05, 4.69) is 16.1 Å². The number of nitrogen functional groups attached to an aromatic ring is 1. The van der Waals surface area contributed by atoms with Gasteiger partial charge in [0, 0.05) is 0 Å². The van der Waals surface area contributed by atoms with E-state index in [0.29, 0.717) is 5.56 Å². The third kappa shape index (κ3) is 1.38. The Labute approximate surface area is 63.8 Å². The van der Waals surface area contributed by atoms with Crippen LogP contribution in [0.4, 0.5) is 5.82 Å². The second-order valence-electron chi connectivity index (χ2n) is 2.00. The molecule has 56 valence electrons. The van der Waals surface area contributed by atoms with Crippen LogP contribution in [0.25, 0.3) is 0 Å². The number of aromatic nitrogens is 2. The topological polar surface area (TPSA) is 71.8 Å². The van der Waals surface area contributed by atoms with Gasteiger partial charge in [0.2, 0.25) is 0 Å². The maximum Gasteiger partial charge on any atom is 0.180 e. The van der Waals surface area contributed by atoms with Crippen molar-refractivity contribution in [1.82, 2.24) is 10.2 Å². The quantitative estimate of drug-likeness (QED) is 0.466. The number of anilines is 1. The van der Waals surface area contributed by atoms with Crippen LogP contribution < -0.4 is 5.73 Å². The molecule has 11 heavy (non-hydrogen) atoms. The number of terminal acetylenes is 1. The van der Waals surface area contributed by atoms with E-state index in [1.165, 1.54) is 6.20 Å². The van der Waals surface area contributed by atoms with Gasteiger partial charge in [0.15, 0.2) is 5.78 Å². The summed E-state index contributed by atoms with van der Waals surface area (Å²) in [6.45, 7) is 0. The number of hydrogen-bond donors (Lipinski definition) is 2. The minimum atomic E-state index is -0.182. The maximum atomic E-state index is 11.0. The molecule has 0 saturated heterocycles. The zero-order valence-electron chi connectivity index (χ0n) is 5.79. The van der Waals surface area contributed by atoms with Crippen LogP contribution in [0.5, 0.6) is 0 Å². The molecule has 1 heterocycles. The van der Waals surface area contributed by atoms with E-state index in [0.717, 1.165) is 0 Å². The number of rotatable bonds is 2. The summed E-state index contributed by atoms with van der Waals surface area (Å²) >= 11 is 0. The van der Waals surface area contributed by atoms with E-state index in [1.54, 1.807) is 0 Å². The molecule has 0 radical (unpaired) electrons. The molecule has 4 heteroatoms. The molecule has 0 spiro atoms. The standard InChI is InChI=1S/C7H7N3O/c1-2-3-6(11)5-4-9-10-7(5)8/h1,4H,3H2,(H3,8,9,10). The largest absolute Gasteiger partial charge is 0.383 e. The molecular weight excluding hydrogens is 142 g/mol. The summed E-state index contributed by atoms with van der Waals surface area (Å²) in [6, 6.07) is 0. The van der Waals surface area contributed by atoms with E-state index in [4.69, 9.17) is 12.2 Å². The number of carbonyl (C=O) groups is 1. The number of carbonyl (C=O) groups excluding carboxylic acids is 1. The number of aromatic amines is 1. The van der Waals surface area contributed by atoms with E-state index in [9.17, 15) is 4.79 Å². The smallest absolute Gasteiger partial charge is 0.180 e. The van der Waals surface area contributed by atoms with Crippen LogP contribution in [-0.2, 0) is 0 Å². The molecule has 4 nitrogen and oxygen atoms in total. The van der Waals surface area contributed by atoms with E-state index < -0.39 is 0 Å². The van der Waals surface area contributed by atoms with Crippen molar-refractivity contribution in [3.05, 3.63) is 11.8 Å². The molecule has 1 aromatic rings. The van der Waals surface area contributed by atoms with Gasteiger partial charge in [-0.05, 0) is 0 Å². The number of nitrogens with zero attached hydrogens (tertiary/aromatic N) is 1. The number of ketones is 1. The van der Waals surface area contributed by atoms with Gasteiger partial charge in [-0.25, -0.2) is 0 Å². The highest BCUT2D eigenvalue weighted by atomic mass is 16.1. The predicted molar refractivity (Wildman–Crippen MR) is 40.8 cm³/mol. The van der Waals surface area contributed by atoms with Gasteiger partial charge in [-0.1, -0.05) is 5.92 Å². The van der Waals surface area contributed by atoms with Gasteiger partial charge in [-0.3, -0.25) is 9.89 Å². The van der Waals surface area contributed by atoms with Crippen molar-refractivity contribution < 1.29 is 4.79 Å². The zero-order valence-corrected chi connectivity index (χ0v) is 5.79. The molecule has 0 unspecified atom stereocenters. The van der Waals surface area contributed by atoms with Crippen molar-refractivity contribution in [2.24, 2.45) is 0 Å². The molecule has 0 aliphatic rings. The van der Waals surface area contributed by atoms with E-state index >= 15 is 0 Å². The fourth-order valence-electron chi connectivity index (χ4n) is 0.706. The van der Waals surface area contributed by atoms with Crippen molar-refractivity contribution in [1.29, 1.82) is 0 Å². The molecule has 3 N–H and O–H groups in total. The molecule has 0 aliphatic carbocycles. The number of H-pyrrole nitrogens is 1. The molecule has 0 amide bonds. The summed E-state index contributed by atoms with van der Waals surface area (Å²) in [5.41, 5.74) is 5.73. The third-order valence-electron chi connectivity index (χ3n) is 1.23. The summed E-state index contributed by atoms with van der Waals surface area (Å²) in [5.74, 6) is 2.32. The molecule has 1 aromatic heterocycles. The first-order valence-electron chi connectivity index (χ1n) is 3.01. The summed E-state index contributed by atoms with van der Waals surface area (Å²) in [4.78, 5) is 11.0. The van der Waals surface area contributed by atoms with Crippen LogP contribution in [-0.4, -0.2) is 16.0 Å². The SMILES string of the molecule is C#CCC(=O)c1cn[nH]c1N. The Bertz CT molecular complexity index is 308. The van der Waals surface area contributed by atoms with Gasteiger partial charge in [0.1, 0.15) is 5.82 Å². The molecule has 0 bridgehead atoms. The van der Waals surface area contributed by atoms with Crippen molar-refractivity contribution in [3.63, 3.8) is 0 Å². The molecule has 0 aromatic carbocycles. The number of Topliss-reactive ketones (excluding diaryl/α,β-unsaturated/α-hetero) is 1. The van der Waals surface area contributed by atoms with Crippen LogP contribution in [0.15, 0.2) is 6.20 Å². The predicted octanol–water partition coefficient (Wildman–Crippen LogP) is 0.198. The lowest BCUT2D eigenvalue weighted by atomic mass is 10.2. The second-order valence-corrected chi connectivity index (χ2v) is 2.00. The Morgan fingerprint density at radius 3 is 3.09 bits per heavy atom. The summed E-state index contributed by atoms with van der Waals surface area (Å²) in [6.07, 6.45) is 6.37. The fraction of sp³-hybridized carbons (Fsp3) is 0.143. The number of nitrogens with one attached hydrogen (secondary N) is 1. The summed E-state index contributed by atoms with van der Waals surface area (Å²) in [7, 11) is 0. The van der Waals surface area contributed by atoms with Crippen molar-refractivity contribution in [3.8, 4) is 12.3 Å². The van der Waals surface area contributed by atoms with Crippen LogP contribution in [0, 0.1) is 12.3 Å². The summed E-state index contributed by atoms with van der Waals surface area (Å²) in [5, 5.41) is 6.03. The van der Waals surface area contributed by atoms with Crippen molar-refractivity contribution in [2.45, 2.75) is 6.42 Å². The normalized spacial score (nSPS) is 9.00. The molecule has 1 rings (SSSR count). The second kappa shape index (κ2) is 2.88. The lowest BCUT2D eigenvalue weighted by molar-refractivity contribution is 0.0999. The Kier molecular flexibility index (Phi) is 1.93. The van der Waals surface area contributed by atoms with Gasteiger partial charge in [-0.15, -0.1) is 6.42 Å². The lowest BCUT2D eigenvalue weighted by Gasteiger charge is -1.90. The van der Waals surface area contributed by atoms with Crippen LogP contribution in [0.3, 0.4) is 0 Å². The zero-order chi connectivity index (χ0) is 8.27.